The van der Waals surface area contributed by atoms with E-state index in [1.807, 2.05) is 13.8 Å². The van der Waals surface area contributed by atoms with E-state index in [2.05, 4.69) is 5.32 Å². The van der Waals surface area contributed by atoms with Crippen LogP contribution in [-0.2, 0) is 9.53 Å². The third-order valence-corrected chi connectivity index (χ3v) is 4.56. The Labute approximate surface area is 125 Å². The number of carboxylic acids is 1. The fraction of sp³-hybridized carbons (Fsp3) is 0.867. The molecule has 1 saturated heterocycles. The molecule has 1 aliphatic carbocycles. The van der Waals surface area contributed by atoms with Crippen LogP contribution in [0.4, 0.5) is 4.79 Å². The van der Waals surface area contributed by atoms with Crippen molar-refractivity contribution in [2.24, 2.45) is 5.92 Å². The van der Waals surface area contributed by atoms with Crippen molar-refractivity contribution in [2.45, 2.75) is 63.6 Å². The lowest BCUT2D eigenvalue weighted by Crippen LogP contribution is -2.57. The quantitative estimate of drug-likeness (QED) is 0.830. The second-order valence-corrected chi connectivity index (χ2v) is 6.86. The number of urea groups is 1. The second kappa shape index (κ2) is 6.22. The lowest BCUT2D eigenvalue weighted by Gasteiger charge is -2.36. The topological polar surface area (TPSA) is 78.9 Å². The monoisotopic (exact) mass is 298 g/mol. The number of carbonyl (C=O) groups excluding carboxylic acids is 1. The number of amides is 2. The van der Waals surface area contributed by atoms with Crippen molar-refractivity contribution in [3.8, 4) is 0 Å². The van der Waals surface area contributed by atoms with Gasteiger partial charge in [-0.1, -0.05) is 12.8 Å². The van der Waals surface area contributed by atoms with Gasteiger partial charge in [0.1, 0.15) is 6.04 Å². The third kappa shape index (κ3) is 3.48. The first-order valence-electron chi connectivity index (χ1n) is 7.68. The minimum Gasteiger partial charge on any atom is -0.480 e. The Morgan fingerprint density at radius 1 is 1.33 bits per heavy atom. The van der Waals surface area contributed by atoms with Gasteiger partial charge < -0.3 is 20.1 Å². The molecule has 0 spiro atoms. The summed E-state index contributed by atoms with van der Waals surface area (Å²) in [5, 5.41) is 12.4. The molecule has 2 N–H and O–H groups in total. The number of methoxy groups -OCH3 is 1. The molecule has 0 aromatic carbocycles. The first-order chi connectivity index (χ1) is 9.85. The maximum Gasteiger partial charge on any atom is 0.326 e. The average molecular weight is 298 g/mol. The molecule has 2 fully saturated rings. The Kier molecular flexibility index (Phi) is 4.76. The van der Waals surface area contributed by atoms with Crippen molar-refractivity contribution in [3.05, 3.63) is 0 Å². The molecule has 1 saturated carbocycles. The number of nitrogens with one attached hydrogen (secondary N) is 1. The number of nitrogens with zero attached hydrogens (tertiary/aromatic N) is 1. The van der Waals surface area contributed by atoms with Gasteiger partial charge in [-0.25, -0.2) is 9.59 Å². The summed E-state index contributed by atoms with van der Waals surface area (Å²) < 4.78 is 5.10. The van der Waals surface area contributed by atoms with Gasteiger partial charge in [0, 0.05) is 13.2 Å². The summed E-state index contributed by atoms with van der Waals surface area (Å²) in [6.45, 7) is 4.13. The zero-order valence-electron chi connectivity index (χ0n) is 13.1. The Morgan fingerprint density at radius 3 is 2.62 bits per heavy atom. The van der Waals surface area contributed by atoms with Crippen molar-refractivity contribution >= 4 is 12.0 Å². The van der Waals surface area contributed by atoms with Gasteiger partial charge in [-0.3, -0.25) is 0 Å². The molecule has 2 amide bonds. The van der Waals surface area contributed by atoms with Crippen LogP contribution in [0.2, 0.25) is 0 Å². The molecule has 120 valence electrons. The van der Waals surface area contributed by atoms with Crippen LogP contribution in [0.5, 0.6) is 0 Å². The molecule has 3 atom stereocenters. The molecular formula is C15H26N2O4. The fourth-order valence-corrected chi connectivity index (χ4v) is 3.72. The van der Waals surface area contributed by atoms with E-state index in [0.29, 0.717) is 18.9 Å². The minimum atomic E-state index is -0.899. The smallest absolute Gasteiger partial charge is 0.326 e. The van der Waals surface area contributed by atoms with Gasteiger partial charge in [0.15, 0.2) is 0 Å². The van der Waals surface area contributed by atoms with Crippen LogP contribution in [0.3, 0.4) is 0 Å². The third-order valence-electron chi connectivity index (χ3n) is 4.56. The molecule has 21 heavy (non-hydrogen) atoms. The highest BCUT2D eigenvalue weighted by Crippen LogP contribution is 2.39. The molecule has 0 radical (unpaired) electrons. The molecule has 1 heterocycles. The maximum atomic E-state index is 12.6. The number of rotatable bonds is 4. The van der Waals surface area contributed by atoms with Gasteiger partial charge in [-0.05, 0) is 39.0 Å². The molecule has 6 heteroatoms. The summed E-state index contributed by atoms with van der Waals surface area (Å²) in [7, 11) is 1.58. The Bertz CT molecular complexity index is 410. The predicted molar refractivity (Wildman–Crippen MR) is 78.1 cm³/mol. The van der Waals surface area contributed by atoms with Crippen molar-refractivity contribution in [2.75, 3.05) is 13.7 Å². The lowest BCUT2D eigenvalue weighted by molar-refractivity contribution is -0.141. The molecule has 1 aliphatic heterocycles. The van der Waals surface area contributed by atoms with Gasteiger partial charge in [-0.15, -0.1) is 0 Å². The van der Waals surface area contributed by atoms with Gasteiger partial charge in [0.05, 0.1) is 12.1 Å². The molecule has 2 rings (SSSR count). The van der Waals surface area contributed by atoms with Crippen LogP contribution < -0.4 is 5.32 Å². The number of carboxylic acid groups (broad SMARTS) is 1. The zero-order valence-corrected chi connectivity index (χ0v) is 13.1. The normalized spacial score (nSPS) is 29.1. The number of hydrogen-bond donors (Lipinski definition) is 2. The molecule has 0 aromatic heterocycles. The van der Waals surface area contributed by atoms with Gasteiger partial charge in [0.25, 0.3) is 0 Å². The van der Waals surface area contributed by atoms with Crippen LogP contribution in [0.15, 0.2) is 0 Å². The summed E-state index contributed by atoms with van der Waals surface area (Å²) in [5.41, 5.74) is -0.512. The fourth-order valence-electron chi connectivity index (χ4n) is 3.72. The lowest BCUT2D eigenvalue weighted by atomic mass is 9.85. The van der Waals surface area contributed by atoms with Crippen LogP contribution in [-0.4, -0.2) is 53.3 Å². The minimum absolute atomic E-state index is 0.0678. The van der Waals surface area contributed by atoms with E-state index in [0.717, 1.165) is 25.7 Å². The van der Waals surface area contributed by atoms with Gasteiger partial charge in [-0.2, -0.15) is 0 Å². The number of likely N-dealkylation sites (tertiary alicyclic amines) is 1. The van der Waals surface area contributed by atoms with E-state index in [1.54, 1.807) is 12.0 Å². The van der Waals surface area contributed by atoms with E-state index < -0.39 is 17.6 Å². The van der Waals surface area contributed by atoms with Gasteiger partial charge >= 0.3 is 12.0 Å². The van der Waals surface area contributed by atoms with Crippen molar-refractivity contribution in [3.63, 3.8) is 0 Å². The van der Waals surface area contributed by atoms with Gasteiger partial charge in [0.2, 0.25) is 0 Å². The number of aliphatic carboxylic acids is 1. The van der Waals surface area contributed by atoms with E-state index in [4.69, 9.17) is 4.74 Å². The molecule has 6 nitrogen and oxygen atoms in total. The van der Waals surface area contributed by atoms with Crippen LogP contribution in [0.25, 0.3) is 0 Å². The molecule has 3 unspecified atom stereocenters. The van der Waals surface area contributed by atoms with Crippen molar-refractivity contribution in [1.82, 2.24) is 10.2 Å². The number of ether oxygens (including phenoxy) is 1. The van der Waals surface area contributed by atoms with Crippen LogP contribution in [0, 0.1) is 5.92 Å². The molecule has 0 aromatic rings. The van der Waals surface area contributed by atoms with Crippen molar-refractivity contribution < 1.29 is 19.4 Å². The van der Waals surface area contributed by atoms with E-state index in [1.165, 1.54) is 0 Å². The molecule has 0 bridgehead atoms. The van der Waals surface area contributed by atoms with E-state index >= 15 is 0 Å². The number of carbonyl (C=O) groups is 2. The Hall–Kier alpha value is -1.30. The zero-order chi connectivity index (χ0) is 15.6. The first kappa shape index (κ1) is 16.1. The summed E-state index contributed by atoms with van der Waals surface area (Å²) in [6, 6.07) is -0.909. The predicted octanol–water partition coefficient (Wildman–Crippen LogP) is 1.84. The summed E-state index contributed by atoms with van der Waals surface area (Å²) in [5.74, 6) is -0.569. The van der Waals surface area contributed by atoms with Crippen molar-refractivity contribution in [1.29, 1.82) is 0 Å². The highest BCUT2D eigenvalue weighted by Gasteiger charge is 2.48. The summed E-state index contributed by atoms with van der Waals surface area (Å²) >= 11 is 0. The first-order valence-corrected chi connectivity index (χ1v) is 7.68. The number of hydrogen-bond acceptors (Lipinski definition) is 3. The highest BCUT2D eigenvalue weighted by atomic mass is 16.5. The van der Waals surface area contributed by atoms with E-state index in [-0.39, 0.29) is 12.1 Å². The van der Waals surface area contributed by atoms with E-state index in [9.17, 15) is 14.7 Å². The maximum absolute atomic E-state index is 12.6. The second-order valence-electron chi connectivity index (χ2n) is 6.86. The molecular weight excluding hydrogens is 272 g/mol. The SMILES string of the molecule is COCC(C)(C)NC(=O)N1C(C(=O)O)CC2CCCCC21. The van der Waals surface area contributed by atoms with Crippen LogP contribution >= 0.6 is 0 Å². The highest BCUT2D eigenvalue weighted by molar-refractivity contribution is 5.84. The average Bonchev–Trinajstić information content (AvgIpc) is 2.77. The largest absolute Gasteiger partial charge is 0.480 e. The van der Waals surface area contributed by atoms with Crippen LogP contribution in [0.1, 0.15) is 46.0 Å². The Morgan fingerprint density at radius 2 is 2.00 bits per heavy atom. The number of fused-ring (bicyclic) bond motifs is 1. The summed E-state index contributed by atoms with van der Waals surface area (Å²) in [6.07, 6.45) is 4.72. The standard InChI is InChI=1S/C15H26N2O4/c1-15(2,9-21-3)16-14(20)17-11-7-5-4-6-10(11)8-12(17)13(18)19/h10-12H,4-9H2,1-3H3,(H,16,20)(H,18,19). The molecule has 2 aliphatic rings. The Balaban J connectivity index is 2.13. The summed E-state index contributed by atoms with van der Waals surface area (Å²) in [4.78, 5) is 25.7.